The van der Waals surface area contributed by atoms with Crippen LogP contribution in [0.25, 0.3) is 0 Å². The van der Waals surface area contributed by atoms with Crippen molar-refractivity contribution in [1.29, 1.82) is 0 Å². The van der Waals surface area contributed by atoms with Gasteiger partial charge in [-0.15, -0.1) is 24.0 Å². The first kappa shape index (κ1) is 23.2. The van der Waals surface area contributed by atoms with E-state index in [-0.39, 0.29) is 30.5 Å². The average molecular weight is 464 g/mol. The average Bonchev–Trinajstić information content (AvgIpc) is 2.48. The number of alkyl halides is 2. The Morgan fingerprint density at radius 2 is 2.00 bits per heavy atom. The van der Waals surface area contributed by atoms with E-state index in [9.17, 15) is 8.78 Å². The maximum atomic E-state index is 12.4. The summed E-state index contributed by atoms with van der Waals surface area (Å²) in [5.74, 6) is 2.04. The second-order valence-electron chi connectivity index (χ2n) is 5.57. The van der Waals surface area contributed by atoms with Crippen molar-refractivity contribution in [2.24, 2.45) is 4.99 Å². The minimum atomic E-state index is -2.23. The summed E-state index contributed by atoms with van der Waals surface area (Å²) in [6.07, 6.45) is 3.97. The van der Waals surface area contributed by atoms with E-state index >= 15 is 0 Å². The van der Waals surface area contributed by atoms with Crippen molar-refractivity contribution in [2.75, 3.05) is 44.7 Å². The number of hydrogen-bond acceptors (Lipinski definition) is 3. The van der Waals surface area contributed by atoms with Gasteiger partial charge in [-0.1, -0.05) is 0 Å². The van der Waals surface area contributed by atoms with Crippen LogP contribution in [0, 0.1) is 0 Å². The predicted molar refractivity (Wildman–Crippen MR) is 108 cm³/mol. The van der Waals surface area contributed by atoms with Gasteiger partial charge < -0.3 is 10.6 Å². The van der Waals surface area contributed by atoms with E-state index in [2.05, 4.69) is 28.8 Å². The zero-order chi connectivity index (χ0) is 16.2. The van der Waals surface area contributed by atoms with E-state index in [0.717, 1.165) is 51.4 Å². The molecule has 1 aliphatic rings. The molecule has 1 saturated heterocycles. The molecule has 0 unspecified atom stereocenters. The third-order valence-electron chi connectivity index (χ3n) is 3.70. The number of aliphatic imine (C=N–C) groups is 1. The molecule has 0 aromatic rings. The Morgan fingerprint density at radius 1 is 1.30 bits per heavy atom. The summed E-state index contributed by atoms with van der Waals surface area (Å²) in [4.78, 5) is 6.44. The molecule has 1 fully saturated rings. The number of nitrogens with zero attached hydrogens (tertiary/aromatic N) is 2. The maximum absolute atomic E-state index is 12.4. The lowest BCUT2D eigenvalue weighted by molar-refractivity contribution is 0.0744. The topological polar surface area (TPSA) is 39.7 Å². The minimum Gasteiger partial charge on any atom is -0.357 e. The van der Waals surface area contributed by atoms with Crippen molar-refractivity contribution in [1.82, 2.24) is 15.5 Å². The first-order chi connectivity index (χ1) is 10.7. The molecule has 1 aliphatic heterocycles. The van der Waals surface area contributed by atoms with Gasteiger partial charge in [0.05, 0.1) is 6.54 Å². The van der Waals surface area contributed by atoms with Crippen molar-refractivity contribution in [3.05, 3.63) is 0 Å². The van der Waals surface area contributed by atoms with Crippen molar-refractivity contribution in [3.63, 3.8) is 0 Å². The third kappa shape index (κ3) is 11.4. The lowest BCUT2D eigenvalue weighted by Crippen LogP contribution is -2.49. The molecule has 1 rings (SSSR count). The Labute approximate surface area is 160 Å². The van der Waals surface area contributed by atoms with Crippen LogP contribution in [0.1, 0.15) is 32.6 Å². The highest BCUT2D eigenvalue weighted by atomic mass is 127. The Balaban J connectivity index is 0.00000484. The van der Waals surface area contributed by atoms with Crippen molar-refractivity contribution < 1.29 is 8.78 Å². The SMILES string of the molecule is CCNC(=NCCCCSC)NC1CCN(CC(F)F)CC1.I. The number of hydrogen-bond donors (Lipinski definition) is 2. The molecule has 0 amide bonds. The maximum Gasteiger partial charge on any atom is 0.251 e. The molecule has 138 valence electrons. The number of nitrogens with one attached hydrogen (secondary N) is 2. The number of thioether (sulfide) groups is 1. The molecule has 0 bridgehead atoms. The van der Waals surface area contributed by atoms with Gasteiger partial charge >= 0.3 is 0 Å². The van der Waals surface area contributed by atoms with Crippen molar-refractivity contribution in [2.45, 2.75) is 45.1 Å². The molecule has 0 aliphatic carbocycles. The molecule has 0 aromatic heterocycles. The second-order valence-corrected chi connectivity index (χ2v) is 6.56. The molecule has 0 radical (unpaired) electrons. The molecule has 0 aromatic carbocycles. The highest BCUT2D eigenvalue weighted by Crippen LogP contribution is 2.11. The fraction of sp³-hybridized carbons (Fsp3) is 0.933. The summed E-state index contributed by atoms with van der Waals surface area (Å²) in [6.45, 7) is 5.08. The number of unbranched alkanes of at least 4 members (excludes halogenated alkanes) is 1. The van der Waals surface area contributed by atoms with Gasteiger partial charge in [0.15, 0.2) is 5.96 Å². The Morgan fingerprint density at radius 3 is 2.57 bits per heavy atom. The largest absolute Gasteiger partial charge is 0.357 e. The van der Waals surface area contributed by atoms with Gasteiger partial charge in [0.25, 0.3) is 6.43 Å². The van der Waals surface area contributed by atoms with Gasteiger partial charge in [0.1, 0.15) is 0 Å². The summed E-state index contributed by atoms with van der Waals surface area (Å²) in [6, 6.07) is 0.331. The van der Waals surface area contributed by atoms with Crippen LogP contribution in [0.3, 0.4) is 0 Å². The van der Waals surface area contributed by atoms with E-state index in [0.29, 0.717) is 6.04 Å². The molecule has 2 N–H and O–H groups in total. The fourth-order valence-electron chi connectivity index (χ4n) is 2.52. The van der Waals surface area contributed by atoms with Crippen LogP contribution >= 0.6 is 35.7 Å². The fourth-order valence-corrected chi connectivity index (χ4v) is 3.01. The standard InChI is InChI=1S/C15H30F2N4S.HI/c1-3-18-15(19-8-4-5-11-22-2)20-13-6-9-21(10-7-13)12-14(16)17;/h13-14H,3-12H2,1-2H3,(H2,18,19,20);1H. The van der Waals surface area contributed by atoms with Gasteiger partial charge in [-0.25, -0.2) is 8.78 Å². The quantitative estimate of drug-likeness (QED) is 0.238. The van der Waals surface area contributed by atoms with Crippen LogP contribution in [0.4, 0.5) is 8.78 Å². The van der Waals surface area contributed by atoms with Gasteiger partial charge in [-0.05, 0) is 44.6 Å². The number of guanidine groups is 1. The first-order valence-electron chi connectivity index (χ1n) is 8.20. The minimum absolute atomic E-state index is 0. The van der Waals surface area contributed by atoms with Gasteiger partial charge in [-0.3, -0.25) is 9.89 Å². The Bertz CT molecular complexity index is 314. The van der Waals surface area contributed by atoms with Crippen molar-refractivity contribution >= 4 is 41.7 Å². The summed E-state index contributed by atoms with van der Waals surface area (Å²) in [5, 5.41) is 6.71. The summed E-state index contributed by atoms with van der Waals surface area (Å²) < 4.78 is 24.7. The summed E-state index contributed by atoms with van der Waals surface area (Å²) in [7, 11) is 0. The first-order valence-corrected chi connectivity index (χ1v) is 9.59. The zero-order valence-electron chi connectivity index (χ0n) is 14.2. The highest BCUT2D eigenvalue weighted by Gasteiger charge is 2.21. The number of likely N-dealkylation sites (tertiary alicyclic amines) is 1. The van der Waals surface area contributed by atoms with Crippen LogP contribution in [0.15, 0.2) is 4.99 Å². The van der Waals surface area contributed by atoms with Crippen molar-refractivity contribution in [3.8, 4) is 0 Å². The van der Waals surface area contributed by atoms with Gasteiger partial charge in [0.2, 0.25) is 0 Å². The molecule has 1 heterocycles. The van der Waals surface area contributed by atoms with Crippen LogP contribution in [-0.4, -0.2) is 68.1 Å². The lowest BCUT2D eigenvalue weighted by Gasteiger charge is -2.32. The van der Waals surface area contributed by atoms with E-state index in [4.69, 9.17) is 0 Å². The molecule has 23 heavy (non-hydrogen) atoms. The van der Waals surface area contributed by atoms with Crippen LogP contribution < -0.4 is 10.6 Å². The van der Waals surface area contributed by atoms with E-state index < -0.39 is 6.43 Å². The van der Waals surface area contributed by atoms with E-state index in [1.165, 1.54) is 12.2 Å². The predicted octanol–water partition coefficient (Wildman–Crippen LogP) is 3.03. The second kappa shape index (κ2) is 14.5. The summed E-state index contributed by atoms with van der Waals surface area (Å²) >= 11 is 1.87. The third-order valence-corrected chi connectivity index (χ3v) is 4.39. The van der Waals surface area contributed by atoms with Crippen LogP contribution in [-0.2, 0) is 0 Å². The Hall–Kier alpha value is 0.170. The molecule has 0 atom stereocenters. The Kier molecular flexibility index (Phi) is 14.6. The molecule has 4 nitrogen and oxygen atoms in total. The van der Waals surface area contributed by atoms with E-state index in [1.807, 2.05) is 16.7 Å². The van der Waals surface area contributed by atoms with Gasteiger partial charge in [0, 0.05) is 32.2 Å². The number of piperidine rings is 1. The normalized spacial score (nSPS) is 17.2. The zero-order valence-corrected chi connectivity index (χ0v) is 17.3. The van der Waals surface area contributed by atoms with Crippen LogP contribution in [0.2, 0.25) is 0 Å². The van der Waals surface area contributed by atoms with Gasteiger partial charge in [-0.2, -0.15) is 11.8 Å². The molecule has 0 saturated carbocycles. The molecular weight excluding hydrogens is 433 g/mol. The smallest absolute Gasteiger partial charge is 0.251 e. The van der Waals surface area contributed by atoms with E-state index in [1.54, 1.807) is 0 Å². The molecule has 8 heteroatoms. The number of rotatable bonds is 9. The molecular formula is C15H31F2IN4S. The molecule has 0 spiro atoms. The monoisotopic (exact) mass is 464 g/mol. The highest BCUT2D eigenvalue weighted by molar-refractivity contribution is 14.0. The van der Waals surface area contributed by atoms with Crippen LogP contribution in [0.5, 0.6) is 0 Å². The number of halogens is 3. The lowest BCUT2D eigenvalue weighted by atomic mass is 10.1. The summed E-state index contributed by atoms with van der Waals surface area (Å²) in [5.41, 5.74) is 0.